The van der Waals surface area contributed by atoms with E-state index < -0.39 is 22.9 Å². The van der Waals surface area contributed by atoms with Gasteiger partial charge in [0.05, 0.1) is 16.5 Å². The molecular formula is C21H24N2O5. The Morgan fingerprint density at radius 1 is 1.18 bits per heavy atom. The van der Waals surface area contributed by atoms with Crippen molar-refractivity contribution < 1.29 is 19.2 Å². The van der Waals surface area contributed by atoms with Crippen LogP contribution in [0.1, 0.15) is 54.2 Å². The third-order valence-electron chi connectivity index (χ3n) is 4.39. The molecule has 1 amide bonds. The van der Waals surface area contributed by atoms with Crippen LogP contribution in [0.3, 0.4) is 0 Å². The first-order valence-corrected chi connectivity index (χ1v) is 9.14. The largest absolute Gasteiger partial charge is 0.449 e. The quantitative estimate of drug-likeness (QED) is 0.420. The van der Waals surface area contributed by atoms with Crippen LogP contribution < -0.4 is 5.32 Å². The van der Waals surface area contributed by atoms with Crippen molar-refractivity contribution >= 4 is 17.6 Å². The summed E-state index contributed by atoms with van der Waals surface area (Å²) in [6, 6.07) is 13.5. The smallest absolute Gasteiger partial charge is 0.339 e. The zero-order valence-electron chi connectivity index (χ0n) is 16.2. The molecule has 0 aliphatic heterocycles. The number of hydrogen-bond donors (Lipinski definition) is 1. The summed E-state index contributed by atoms with van der Waals surface area (Å²) in [5.74, 6) is -1.20. The van der Waals surface area contributed by atoms with Crippen molar-refractivity contribution in [3.63, 3.8) is 0 Å². The van der Waals surface area contributed by atoms with Gasteiger partial charge >= 0.3 is 5.97 Å². The highest BCUT2D eigenvalue weighted by molar-refractivity contribution is 5.93. The van der Waals surface area contributed by atoms with E-state index in [1.54, 1.807) is 6.92 Å². The minimum atomic E-state index is -1.03. The second-order valence-electron chi connectivity index (χ2n) is 6.57. The second-order valence-corrected chi connectivity index (χ2v) is 6.57. The van der Waals surface area contributed by atoms with Crippen LogP contribution in [0.25, 0.3) is 0 Å². The maximum atomic E-state index is 12.5. The van der Waals surface area contributed by atoms with Gasteiger partial charge in [-0.2, -0.15) is 0 Å². The third kappa shape index (κ3) is 5.39. The molecule has 0 aromatic heterocycles. The van der Waals surface area contributed by atoms with Crippen molar-refractivity contribution in [2.45, 2.75) is 45.8 Å². The van der Waals surface area contributed by atoms with Gasteiger partial charge < -0.3 is 10.1 Å². The van der Waals surface area contributed by atoms with Crippen molar-refractivity contribution in [1.29, 1.82) is 0 Å². The fraction of sp³-hybridized carbons (Fsp3) is 0.333. The summed E-state index contributed by atoms with van der Waals surface area (Å²) in [6.07, 6.45) is 0.595. The fourth-order valence-electron chi connectivity index (χ4n) is 2.80. The first-order valence-electron chi connectivity index (χ1n) is 9.14. The zero-order valence-corrected chi connectivity index (χ0v) is 16.2. The van der Waals surface area contributed by atoms with Gasteiger partial charge in [-0.05, 0) is 31.9 Å². The molecule has 0 radical (unpaired) electrons. The Morgan fingerprint density at radius 2 is 1.86 bits per heavy atom. The van der Waals surface area contributed by atoms with Crippen molar-refractivity contribution in [3.05, 3.63) is 75.3 Å². The van der Waals surface area contributed by atoms with E-state index >= 15 is 0 Å². The van der Waals surface area contributed by atoms with Crippen LogP contribution in [0.15, 0.2) is 48.5 Å². The number of carbonyl (C=O) groups excluding carboxylic acids is 2. The Hall–Kier alpha value is -3.22. The maximum absolute atomic E-state index is 12.5. The van der Waals surface area contributed by atoms with Gasteiger partial charge in [0.15, 0.2) is 6.10 Å². The van der Waals surface area contributed by atoms with Gasteiger partial charge in [0, 0.05) is 11.6 Å². The molecule has 28 heavy (non-hydrogen) atoms. The molecule has 0 heterocycles. The lowest BCUT2D eigenvalue weighted by molar-refractivity contribution is -0.385. The van der Waals surface area contributed by atoms with Gasteiger partial charge in [0.25, 0.3) is 11.6 Å². The number of esters is 1. The summed E-state index contributed by atoms with van der Waals surface area (Å²) >= 11 is 0. The van der Waals surface area contributed by atoms with Crippen molar-refractivity contribution in [1.82, 2.24) is 5.32 Å². The van der Waals surface area contributed by atoms with Gasteiger partial charge in [-0.25, -0.2) is 4.79 Å². The number of nitrogens with zero attached hydrogens (tertiary/aromatic N) is 1. The summed E-state index contributed by atoms with van der Waals surface area (Å²) in [5, 5.41) is 13.9. The van der Waals surface area contributed by atoms with E-state index in [9.17, 15) is 19.7 Å². The van der Waals surface area contributed by atoms with E-state index in [0.29, 0.717) is 5.56 Å². The summed E-state index contributed by atoms with van der Waals surface area (Å²) in [6.45, 7) is 5.08. The highest BCUT2D eigenvalue weighted by Gasteiger charge is 2.23. The van der Waals surface area contributed by atoms with Gasteiger partial charge in [-0.1, -0.05) is 49.7 Å². The Balaban J connectivity index is 2.06. The number of nitrogens with one attached hydrogen (secondary N) is 1. The number of benzene rings is 2. The molecule has 2 aromatic carbocycles. The number of rotatable bonds is 8. The van der Waals surface area contributed by atoms with Crippen molar-refractivity contribution in [3.8, 4) is 0 Å². The Kier molecular flexibility index (Phi) is 7.26. The average Bonchev–Trinajstić information content (AvgIpc) is 2.68. The lowest BCUT2D eigenvalue weighted by Gasteiger charge is -2.21. The standard InChI is InChI=1S/C21H24N2O5/c1-4-8-18(16-9-6-5-7-10-16)22-20(24)15(3)28-21(25)17-12-11-14(2)19(13-17)23(26)27/h5-7,9-13,15,18H,4,8H2,1-3H3,(H,22,24). The normalized spacial score (nSPS) is 12.7. The average molecular weight is 384 g/mol. The molecule has 7 heteroatoms. The molecule has 0 aliphatic rings. The summed E-state index contributed by atoms with van der Waals surface area (Å²) in [7, 11) is 0. The molecule has 0 saturated carbocycles. The predicted molar refractivity (Wildman–Crippen MR) is 105 cm³/mol. The number of nitro groups is 1. The summed E-state index contributed by atoms with van der Waals surface area (Å²) < 4.78 is 5.21. The van der Waals surface area contributed by atoms with Crippen LogP contribution >= 0.6 is 0 Å². The van der Waals surface area contributed by atoms with E-state index in [1.165, 1.54) is 19.1 Å². The second kappa shape index (κ2) is 9.64. The van der Waals surface area contributed by atoms with Gasteiger partial charge in [-0.15, -0.1) is 0 Å². The minimum Gasteiger partial charge on any atom is -0.449 e. The topological polar surface area (TPSA) is 98.5 Å². The van der Waals surface area contributed by atoms with Crippen molar-refractivity contribution in [2.75, 3.05) is 0 Å². The lowest BCUT2D eigenvalue weighted by Crippen LogP contribution is -2.38. The highest BCUT2D eigenvalue weighted by Crippen LogP contribution is 2.21. The molecule has 0 aliphatic carbocycles. The molecule has 2 aromatic rings. The third-order valence-corrected chi connectivity index (χ3v) is 4.39. The molecule has 2 rings (SSSR count). The molecule has 7 nitrogen and oxygen atoms in total. The van der Waals surface area contributed by atoms with Crippen LogP contribution in [0, 0.1) is 17.0 Å². The van der Waals surface area contributed by atoms with Crippen LogP contribution in [0.4, 0.5) is 5.69 Å². The Labute approximate surface area is 163 Å². The van der Waals surface area contributed by atoms with E-state index in [0.717, 1.165) is 24.5 Å². The molecule has 0 fully saturated rings. The number of hydrogen-bond acceptors (Lipinski definition) is 5. The number of carbonyl (C=O) groups is 2. The van der Waals surface area contributed by atoms with Gasteiger partial charge in [0.1, 0.15) is 0 Å². The molecule has 0 saturated heterocycles. The Morgan fingerprint density at radius 3 is 2.46 bits per heavy atom. The number of nitro benzene ring substituents is 1. The highest BCUT2D eigenvalue weighted by atomic mass is 16.6. The monoisotopic (exact) mass is 384 g/mol. The molecule has 0 spiro atoms. The van der Waals surface area contributed by atoms with Crippen molar-refractivity contribution in [2.24, 2.45) is 0 Å². The Bertz CT molecular complexity index is 851. The fourth-order valence-corrected chi connectivity index (χ4v) is 2.80. The number of amides is 1. The predicted octanol–water partition coefficient (Wildman–Crippen LogP) is 4.11. The molecular weight excluding hydrogens is 360 g/mol. The first-order chi connectivity index (χ1) is 13.3. The molecule has 2 unspecified atom stereocenters. The van der Waals surface area contributed by atoms with Crippen LogP contribution in [0.2, 0.25) is 0 Å². The zero-order chi connectivity index (χ0) is 20.7. The SMILES string of the molecule is CCCC(NC(=O)C(C)OC(=O)c1ccc(C)c([N+](=O)[O-])c1)c1ccccc1. The van der Waals surface area contributed by atoms with E-state index in [2.05, 4.69) is 5.32 Å². The van der Waals surface area contributed by atoms with E-state index in [1.807, 2.05) is 37.3 Å². The summed E-state index contributed by atoms with van der Waals surface area (Å²) in [4.78, 5) is 35.3. The van der Waals surface area contributed by atoms with Crippen LogP contribution in [-0.4, -0.2) is 22.9 Å². The van der Waals surface area contributed by atoms with Gasteiger partial charge in [-0.3, -0.25) is 14.9 Å². The van der Waals surface area contributed by atoms with Crippen LogP contribution in [0.5, 0.6) is 0 Å². The maximum Gasteiger partial charge on any atom is 0.339 e. The number of ether oxygens (including phenoxy) is 1. The molecule has 0 bridgehead atoms. The molecule has 148 valence electrons. The minimum absolute atomic E-state index is 0.0325. The molecule has 1 N–H and O–H groups in total. The van der Waals surface area contributed by atoms with Gasteiger partial charge in [0.2, 0.25) is 0 Å². The van der Waals surface area contributed by atoms with E-state index in [-0.39, 0.29) is 17.3 Å². The van der Waals surface area contributed by atoms with E-state index in [4.69, 9.17) is 4.74 Å². The molecule has 2 atom stereocenters. The van der Waals surface area contributed by atoms with Crippen LogP contribution in [-0.2, 0) is 9.53 Å². The summed E-state index contributed by atoms with van der Waals surface area (Å²) in [5.41, 5.74) is 1.28. The first kappa shape index (κ1) is 21.1. The lowest BCUT2D eigenvalue weighted by atomic mass is 10.0. The number of aryl methyl sites for hydroxylation is 1.